The highest BCUT2D eigenvalue weighted by molar-refractivity contribution is 7.93. The van der Waals surface area contributed by atoms with Gasteiger partial charge in [-0.15, -0.1) is 0 Å². The standard InChI is InChI=1S/C29H23N5O3S/c1-19(22-16-15-20-9-5-6-12-23(20)17-22)30-31-26(35)18-34-29-27(21-10-3-2-4-11-21)32-33-28(29)24-13-7-8-14-25(24)38(34,36)37/h2-17H,18H2,1H3,(H,31,35)(H,32,33)/b30-19+. The van der Waals surface area contributed by atoms with Crippen LogP contribution in [0, 0.1) is 0 Å². The van der Waals surface area contributed by atoms with Crippen LogP contribution in [0.15, 0.2) is 107 Å². The SMILES string of the molecule is C/C(=N\NC(=O)CN1c2c(-c3ccccc3)n[nH]c2-c2ccccc2S1(=O)=O)c1ccc2ccccc2c1. The minimum Gasteiger partial charge on any atom is -0.275 e. The van der Waals surface area contributed by atoms with Gasteiger partial charge < -0.3 is 0 Å². The lowest BCUT2D eigenvalue weighted by Gasteiger charge is -2.29. The van der Waals surface area contributed by atoms with Gasteiger partial charge in [-0.3, -0.25) is 14.2 Å². The molecular weight excluding hydrogens is 498 g/mol. The van der Waals surface area contributed by atoms with Crippen LogP contribution in [0.4, 0.5) is 5.69 Å². The lowest BCUT2D eigenvalue weighted by atomic mass is 10.0. The van der Waals surface area contributed by atoms with Gasteiger partial charge in [0, 0.05) is 11.1 Å². The first-order valence-electron chi connectivity index (χ1n) is 12.0. The van der Waals surface area contributed by atoms with Crippen molar-refractivity contribution < 1.29 is 13.2 Å². The second-order valence-electron chi connectivity index (χ2n) is 8.96. The van der Waals surface area contributed by atoms with E-state index in [2.05, 4.69) is 20.7 Å². The van der Waals surface area contributed by atoms with Crippen molar-refractivity contribution in [2.45, 2.75) is 11.8 Å². The van der Waals surface area contributed by atoms with Gasteiger partial charge in [0.05, 0.1) is 16.3 Å². The first-order chi connectivity index (χ1) is 18.4. The maximum Gasteiger partial charge on any atom is 0.265 e. The molecule has 0 aliphatic carbocycles. The summed E-state index contributed by atoms with van der Waals surface area (Å²) in [7, 11) is -4.04. The number of aromatic nitrogens is 2. The molecule has 0 saturated carbocycles. The number of benzene rings is 4. The molecule has 1 aliphatic heterocycles. The minimum absolute atomic E-state index is 0.111. The van der Waals surface area contributed by atoms with Crippen LogP contribution < -0.4 is 9.73 Å². The van der Waals surface area contributed by atoms with E-state index in [9.17, 15) is 13.2 Å². The molecule has 1 amide bonds. The van der Waals surface area contributed by atoms with Gasteiger partial charge in [-0.1, -0.05) is 84.9 Å². The Kier molecular flexibility index (Phi) is 5.77. The molecule has 5 aromatic rings. The molecule has 2 N–H and O–H groups in total. The number of carbonyl (C=O) groups is 1. The predicted octanol–water partition coefficient (Wildman–Crippen LogP) is 4.95. The molecule has 1 aliphatic rings. The molecule has 0 saturated heterocycles. The molecule has 1 aromatic heterocycles. The van der Waals surface area contributed by atoms with Gasteiger partial charge in [0.25, 0.3) is 15.9 Å². The van der Waals surface area contributed by atoms with Gasteiger partial charge in [-0.05, 0) is 35.4 Å². The quantitative estimate of drug-likeness (QED) is 0.252. The maximum atomic E-state index is 13.7. The fraction of sp³-hybridized carbons (Fsp3) is 0.0690. The Morgan fingerprint density at radius 3 is 2.45 bits per heavy atom. The third kappa shape index (κ3) is 4.03. The Hall–Kier alpha value is -4.76. The molecule has 0 fully saturated rings. The topological polar surface area (TPSA) is 108 Å². The van der Waals surface area contributed by atoms with Crippen molar-refractivity contribution in [3.63, 3.8) is 0 Å². The number of nitrogens with zero attached hydrogens (tertiary/aromatic N) is 3. The average molecular weight is 522 g/mol. The molecule has 0 bridgehead atoms. The number of carbonyl (C=O) groups excluding carboxylic acids is 1. The maximum absolute atomic E-state index is 13.7. The number of fused-ring (bicyclic) bond motifs is 4. The average Bonchev–Trinajstić information content (AvgIpc) is 3.39. The number of nitrogens with one attached hydrogen (secondary N) is 2. The molecule has 6 rings (SSSR count). The number of anilines is 1. The van der Waals surface area contributed by atoms with E-state index in [1.165, 1.54) is 6.07 Å². The zero-order valence-electron chi connectivity index (χ0n) is 20.4. The van der Waals surface area contributed by atoms with Crippen molar-refractivity contribution in [3.05, 3.63) is 103 Å². The molecule has 4 aromatic carbocycles. The Morgan fingerprint density at radius 2 is 1.63 bits per heavy atom. The summed E-state index contributed by atoms with van der Waals surface area (Å²) in [5.74, 6) is -0.570. The van der Waals surface area contributed by atoms with Crippen molar-refractivity contribution in [2.75, 3.05) is 10.8 Å². The summed E-state index contributed by atoms with van der Waals surface area (Å²) in [6.45, 7) is 1.33. The Bertz CT molecular complexity index is 1810. The van der Waals surface area contributed by atoms with Crippen LogP contribution in [0.1, 0.15) is 12.5 Å². The molecule has 9 heteroatoms. The summed E-state index contributed by atoms with van der Waals surface area (Å²) in [6, 6.07) is 29.9. The highest BCUT2D eigenvalue weighted by atomic mass is 32.2. The van der Waals surface area contributed by atoms with E-state index < -0.39 is 22.5 Å². The van der Waals surface area contributed by atoms with Crippen LogP contribution in [0.2, 0.25) is 0 Å². The molecule has 38 heavy (non-hydrogen) atoms. The van der Waals surface area contributed by atoms with Gasteiger partial charge in [-0.25, -0.2) is 13.8 Å². The first kappa shape index (κ1) is 23.6. The fourth-order valence-corrected chi connectivity index (χ4v) is 6.30. The molecule has 2 heterocycles. The lowest BCUT2D eigenvalue weighted by molar-refractivity contribution is -0.119. The molecular formula is C29H23N5O3S. The van der Waals surface area contributed by atoms with Crippen LogP contribution in [0.3, 0.4) is 0 Å². The highest BCUT2D eigenvalue weighted by Gasteiger charge is 2.39. The summed E-state index contributed by atoms with van der Waals surface area (Å²) in [4.78, 5) is 13.2. The number of sulfonamides is 1. The fourth-order valence-electron chi connectivity index (χ4n) is 4.66. The van der Waals surface area contributed by atoms with Crippen molar-refractivity contribution in [1.29, 1.82) is 0 Å². The van der Waals surface area contributed by atoms with E-state index in [0.29, 0.717) is 28.4 Å². The molecule has 0 spiro atoms. The van der Waals surface area contributed by atoms with Crippen LogP contribution in [-0.4, -0.2) is 36.8 Å². The molecule has 0 radical (unpaired) electrons. The van der Waals surface area contributed by atoms with Crippen LogP contribution in [-0.2, 0) is 14.8 Å². The summed E-state index contributed by atoms with van der Waals surface area (Å²) in [5, 5.41) is 13.9. The Morgan fingerprint density at radius 1 is 0.921 bits per heavy atom. The monoisotopic (exact) mass is 521 g/mol. The number of hydrogen-bond donors (Lipinski definition) is 2. The van der Waals surface area contributed by atoms with Crippen molar-refractivity contribution >= 4 is 38.1 Å². The minimum atomic E-state index is -4.04. The summed E-state index contributed by atoms with van der Waals surface area (Å²) in [6.07, 6.45) is 0. The van der Waals surface area contributed by atoms with Crippen molar-refractivity contribution in [2.24, 2.45) is 5.10 Å². The Labute approximate surface area is 219 Å². The highest BCUT2D eigenvalue weighted by Crippen LogP contribution is 2.46. The van der Waals surface area contributed by atoms with Crippen LogP contribution in [0.25, 0.3) is 33.3 Å². The van der Waals surface area contributed by atoms with E-state index in [1.807, 2.05) is 72.8 Å². The van der Waals surface area contributed by atoms with Gasteiger partial charge in [0.2, 0.25) is 0 Å². The Balaban J connectivity index is 1.33. The summed E-state index contributed by atoms with van der Waals surface area (Å²) < 4.78 is 28.6. The number of aromatic amines is 1. The largest absolute Gasteiger partial charge is 0.275 e. The van der Waals surface area contributed by atoms with Crippen molar-refractivity contribution in [1.82, 2.24) is 15.6 Å². The predicted molar refractivity (Wildman–Crippen MR) is 148 cm³/mol. The second-order valence-corrected chi connectivity index (χ2v) is 10.8. The lowest BCUT2D eigenvalue weighted by Crippen LogP contribution is -2.41. The molecule has 188 valence electrons. The number of rotatable bonds is 5. The van der Waals surface area contributed by atoms with Crippen LogP contribution in [0.5, 0.6) is 0 Å². The zero-order valence-corrected chi connectivity index (χ0v) is 21.2. The second kappa shape index (κ2) is 9.28. The first-order valence-corrected chi connectivity index (χ1v) is 13.5. The third-order valence-corrected chi connectivity index (χ3v) is 8.37. The van der Waals surface area contributed by atoms with Crippen LogP contribution >= 0.6 is 0 Å². The summed E-state index contributed by atoms with van der Waals surface area (Å²) >= 11 is 0. The molecule has 0 atom stereocenters. The van der Waals surface area contributed by atoms with Gasteiger partial charge in [-0.2, -0.15) is 10.2 Å². The van der Waals surface area contributed by atoms with E-state index in [-0.39, 0.29) is 4.90 Å². The van der Waals surface area contributed by atoms with E-state index in [0.717, 1.165) is 26.2 Å². The zero-order chi connectivity index (χ0) is 26.3. The number of hydrazone groups is 1. The summed E-state index contributed by atoms with van der Waals surface area (Å²) in [5.41, 5.74) is 6.55. The molecule has 8 nitrogen and oxygen atoms in total. The van der Waals surface area contributed by atoms with E-state index in [4.69, 9.17) is 0 Å². The van der Waals surface area contributed by atoms with Gasteiger partial charge in [0.1, 0.15) is 17.9 Å². The number of H-pyrrole nitrogens is 1. The third-order valence-electron chi connectivity index (χ3n) is 6.56. The molecule has 0 unspecified atom stereocenters. The number of amides is 1. The van der Waals surface area contributed by atoms with Gasteiger partial charge in [0.15, 0.2) is 0 Å². The van der Waals surface area contributed by atoms with E-state index in [1.54, 1.807) is 25.1 Å². The van der Waals surface area contributed by atoms with Gasteiger partial charge >= 0.3 is 0 Å². The number of hydrogen-bond acceptors (Lipinski definition) is 5. The van der Waals surface area contributed by atoms with Crippen molar-refractivity contribution in [3.8, 4) is 22.5 Å². The van der Waals surface area contributed by atoms with E-state index >= 15 is 0 Å². The normalized spacial score (nSPS) is 14.1. The smallest absolute Gasteiger partial charge is 0.265 e.